The van der Waals surface area contributed by atoms with E-state index < -0.39 is 0 Å². The molecule has 0 fully saturated rings. The minimum atomic E-state index is 0.999. The molecule has 3 rings (SSSR count). The molecule has 0 N–H and O–H groups in total. The van der Waals surface area contributed by atoms with Gasteiger partial charge >= 0.3 is 0 Å². The van der Waals surface area contributed by atoms with Crippen molar-refractivity contribution in [3.05, 3.63) is 48.9 Å². The largest absolute Gasteiger partial charge is 0.306 e. The van der Waals surface area contributed by atoms with E-state index in [2.05, 4.69) is 29.4 Å². The Balaban J connectivity index is 0.000000330. The van der Waals surface area contributed by atoms with Crippen molar-refractivity contribution in [3.63, 3.8) is 0 Å². The van der Waals surface area contributed by atoms with E-state index in [4.69, 9.17) is 0 Å². The number of hydrogen-bond acceptors (Lipinski definition) is 1. The molecule has 0 atom stereocenters. The van der Waals surface area contributed by atoms with Gasteiger partial charge in [-0.25, -0.2) is 4.98 Å². The molecule has 0 saturated heterocycles. The van der Waals surface area contributed by atoms with Gasteiger partial charge in [0.05, 0.1) is 0 Å². The molecule has 17 heavy (non-hydrogen) atoms. The third-order valence-corrected chi connectivity index (χ3v) is 2.26. The number of fused-ring (bicyclic) bond motifs is 2. The number of hydrogen-bond donors (Lipinski definition) is 0. The number of rotatable bonds is 0. The molecule has 0 amide bonds. The summed E-state index contributed by atoms with van der Waals surface area (Å²) in [5.41, 5.74) is 0.999. The average Bonchev–Trinajstić information content (AvgIpc) is 2.88. The molecule has 0 aliphatic heterocycles. The Morgan fingerprint density at radius 2 is 1.59 bits per heavy atom. The number of imidazole rings is 1. The first-order valence-electron chi connectivity index (χ1n) is 6.25. The summed E-state index contributed by atoms with van der Waals surface area (Å²) in [4.78, 5) is 4.23. The Bertz CT molecular complexity index is 517. The maximum Gasteiger partial charge on any atom is 0.137 e. The van der Waals surface area contributed by atoms with Gasteiger partial charge in [-0.05, 0) is 16.8 Å². The minimum absolute atomic E-state index is 0.999. The van der Waals surface area contributed by atoms with Crippen LogP contribution in [-0.4, -0.2) is 9.38 Å². The highest BCUT2D eigenvalue weighted by Crippen LogP contribution is 2.15. The molecule has 1 aromatic carbocycles. The van der Waals surface area contributed by atoms with E-state index in [0.29, 0.717) is 0 Å². The van der Waals surface area contributed by atoms with Gasteiger partial charge in [0.1, 0.15) is 5.65 Å². The second kappa shape index (κ2) is 6.69. The van der Waals surface area contributed by atoms with E-state index in [1.54, 1.807) is 0 Å². The third kappa shape index (κ3) is 2.84. The van der Waals surface area contributed by atoms with Crippen molar-refractivity contribution in [2.24, 2.45) is 0 Å². The van der Waals surface area contributed by atoms with Gasteiger partial charge in [0.15, 0.2) is 0 Å². The molecule has 0 saturated carbocycles. The molecule has 0 radical (unpaired) electrons. The summed E-state index contributed by atoms with van der Waals surface area (Å²) in [6.45, 7) is 8.00. The second-order valence-corrected chi connectivity index (χ2v) is 3.10. The normalized spacial score (nSPS) is 9.18. The number of nitrogens with zero attached hydrogens (tertiary/aromatic N) is 2. The molecular weight excluding hydrogens is 208 g/mol. The molecular formula is C15H20N2. The zero-order valence-corrected chi connectivity index (χ0v) is 11.0. The van der Waals surface area contributed by atoms with Crippen LogP contribution in [0.3, 0.4) is 0 Å². The third-order valence-electron chi connectivity index (χ3n) is 2.26. The second-order valence-electron chi connectivity index (χ2n) is 3.10. The molecule has 2 heteroatoms. The Labute approximate surface area is 103 Å². The molecule has 0 spiro atoms. The lowest BCUT2D eigenvalue weighted by molar-refractivity contribution is 1.21. The summed E-state index contributed by atoms with van der Waals surface area (Å²) in [7, 11) is 0. The Kier molecular flexibility index (Phi) is 5.21. The van der Waals surface area contributed by atoms with Crippen molar-refractivity contribution in [2.45, 2.75) is 27.7 Å². The van der Waals surface area contributed by atoms with Gasteiger partial charge in [-0.15, -0.1) is 0 Å². The van der Waals surface area contributed by atoms with Crippen molar-refractivity contribution in [3.8, 4) is 0 Å². The first kappa shape index (κ1) is 13.2. The fraction of sp³-hybridized carbons (Fsp3) is 0.267. The van der Waals surface area contributed by atoms with E-state index in [9.17, 15) is 0 Å². The Morgan fingerprint density at radius 3 is 2.29 bits per heavy atom. The average molecular weight is 228 g/mol. The summed E-state index contributed by atoms with van der Waals surface area (Å²) >= 11 is 0. The molecule has 0 unspecified atom stereocenters. The molecule has 90 valence electrons. The smallest absolute Gasteiger partial charge is 0.137 e. The first-order valence-corrected chi connectivity index (χ1v) is 6.25. The molecule has 0 bridgehead atoms. The molecule has 0 aliphatic rings. The predicted octanol–water partition coefficient (Wildman–Crippen LogP) is 4.54. The van der Waals surface area contributed by atoms with Crippen LogP contribution in [0.1, 0.15) is 27.7 Å². The molecule has 2 heterocycles. The van der Waals surface area contributed by atoms with Crippen molar-refractivity contribution < 1.29 is 0 Å². The summed E-state index contributed by atoms with van der Waals surface area (Å²) in [6, 6.07) is 10.4. The van der Waals surface area contributed by atoms with Gasteiger partial charge < -0.3 is 4.40 Å². The van der Waals surface area contributed by atoms with E-state index in [0.717, 1.165) is 5.65 Å². The maximum absolute atomic E-state index is 4.23. The molecule has 2 aromatic heterocycles. The monoisotopic (exact) mass is 228 g/mol. The zero-order chi connectivity index (χ0) is 12.7. The van der Waals surface area contributed by atoms with Gasteiger partial charge in [-0.2, -0.15) is 0 Å². The Hall–Kier alpha value is -1.83. The molecule has 0 aliphatic carbocycles. The van der Waals surface area contributed by atoms with E-state index >= 15 is 0 Å². The van der Waals surface area contributed by atoms with Crippen LogP contribution in [0, 0.1) is 0 Å². The SMILES string of the molecule is CC.CC.c1ccc2cn3ccnc3cc2c1. The topological polar surface area (TPSA) is 17.3 Å². The summed E-state index contributed by atoms with van der Waals surface area (Å²) in [5.74, 6) is 0. The van der Waals surface area contributed by atoms with Gasteiger partial charge in [0.2, 0.25) is 0 Å². The zero-order valence-electron chi connectivity index (χ0n) is 11.0. The first-order chi connectivity index (χ1) is 8.43. The Morgan fingerprint density at radius 1 is 0.941 bits per heavy atom. The highest BCUT2D eigenvalue weighted by Gasteiger charge is 1.95. The van der Waals surface area contributed by atoms with Crippen LogP contribution in [0.2, 0.25) is 0 Å². The fourth-order valence-corrected chi connectivity index (χ4v) is 1.59. The minimum Gasteiger partial charge on any atom is -0.306 e. The highest BCUT2D eigenvalue weighted by molar-refractivity contribution is 5.84. The highest BCUT2D eigenvalue weighted by atomic mass is 15.0. The standard InChI is InChI=1S/C11H8N2.2C2H6/c1-2-4-10-8-13-6-5-12-11(13)7-9(10)3-1;2*1-2/h1-8H;2*1-2H3. The maximum atomic E-state index is 4.23. The lowest BCUT2D eigenvalue weighted by atomic mass is 10.2. The lowest BCUT2D eigenvalue weighted by Gasteiger charge is -1.98. The number of benzene rings is 1. The van der Waals surface area contributed by atoms with E-state index in [1.807, 2.05) is 56.6 Å². The molecule has 2 nitrogen and oxygen atoms in total. The van der Waals surface area contributed by atoms with Gasteiger partial charge in [-0.3, -0.25) is 0 Å². The summed E-state index contributed by atoms with van der Waals surface area (Å²) in [5, 5.41) is 2.48. The lowest BCUT2D eigenvalue weighted by Crippen LogP contribution is -1.82. The van der Waals surface area contributed by atoms with Crippen molar-refractivity contribution in [2.75, 3.05) is 0 Å². The van der Waals surface area contributed by atoms with Crippen LogP contribution < -0.4 is 0 Å². The van der Waals surface area contributed by atoms with Gasteiger partial charge in [0.25, 0.3) is 0 Å². The van der Waals surface area contributed by atoms with Crippen LogP contribution in [0.4, 0.5) is 0 Å². The van der Waals surface area contributed by atoms with Crippen molar-refractivity contribution in [1.29, 1.82) is 0 Å². The van der Waals surface area contributed by atoms with Crippen LogP contribution >= 0.6 is 0 Å². The number of aromatic nitrogens is 2. The quantitative estimate of drug-likeness (QED) is 0.552. The molecule has 3 aromatic rings. The van der Waals surface area contributed by atoms with Crippen LogP contribution in [0.25, 0.3) is 16.4 Å². The van der Waals surface area contributed by atoms with Crippen LogP contribution in [0.15, 0.2) is 48.9 Å². The van der Waals surface area contributed by atoms with Crippen molar-refractivity contribution in [1.82, 2.24) is 9.38 Å². The van der Waals surface area contributed by atoms with E-state index in [-0.39, 0.29) is 0 Å². The summed E-state index contributed by atoms with van der Waals surface area (Å²) < 4.78 is 2.03. The predicted molar refractivity (Wildman–Crippen MR) is 75.4 cm³/mol. The van der Waals surface area contributed by atoms with Gasteiger partial charge in [0, 0.05) is 18.6 Å². The van der Waals surface area contributed by atoms with Crippen LogP contribution in [0.5, 0.6) is 0 Å². The van der Waals surface area contributed by atoms with E-state index in [1.165, 1.54) is 10.8 Å². The summed E-state index contributed by atoms with van der Waals surface area (Å²) in [6.07, 6.45) is 5.87. The fourth-order valence-electron chi connectivity index (χ4n) is 1.59. The van der Waals surface area contributed by atoms with Gasteiger partial charge in [-0.1, -0.05) is 52.0 Å². The van der Waals surface area contributed by atoms with Crippen LogP contribution in [-0.2, 0) is 0 Å². The van der Waals surface area contributed by atoms with Crippen molar-refractivity contribution >= 4 is 16.4 Å². The number of pyridine rings is 1.